The lowest BCUT2D eigenvalue weighted by Crippen LogP contribution is -2.31. The number of likely N-dealkylation sites (tertiary alicyclic amines) is 1. The molecule has 2 unspecified atom stereocenters. The molecule has 6 heteroatoms. The van der Waals surface area contributed by atoms with Crippen molar-refractivity contribution in [3.63, 3.8) is 0 Å². The number of rotatable bonds is 3. The van der Waals surface area contributed by atoms with E-state index in [-0.39, 0.29) is 18.2 Å². The van der Waals surface area contributed by atoms with Crippen LogP contribution >= 0.6 is 0 Å². The molecule has 1 fully saturated rings. The fourth-order valence-corrected chi connectivity index (χ4v) is 2.51. The Morgan fingerprint density at radius 2 is 2.00 bits per heavy atom. The van der Waals surface area contributed by atoms with E-state index in [4.69, 9.17) is 0 Å². The van der Waals surface area contributed by atoms with Crippen molar-refractivity contribution in [3.05, 3.63) is 35.4 Å². The zero-order chi connectivity index (χ0) is 15.6. The van der Waals surface area contributed by atoms with Crippen molar-refractivity contribution in [1.82, 2.24) is 4.90 Å². The second kappa shape index (κ2) is 6.05. The molecule has 1 amide bonds. The van der Waals surface area contributed by atoms with Gasteiger partial charge in [-0.25, -0.2) is 0 Å². The summed E-state index contributed by atoms with van der Waals surface area (Å²) in [5.74, 6) is -0.0283. The van der Waals surface area contributed by atoms with Crippen molar-refractivity contribution in [1.29, 1.82) is 0 Å². The predicted octanol–water partition coefficient (Wildman–Crippen LogP) is 2.48. The Hall–Kier alpha value is -1.56. The van der Waals surface area contributed by atoms with Gasteiger partial charge < -0.3 is 10.0 Å². The van der Waals surface area contributed by atoms with Gasteiger partial charge in [0.25, 0.3) is 0 Å². The minimum absolute atomic E-state index is 0.0848. The van der Waals surface area contributed by atoms with Crippen LogP contribution in [-0.4, -0.2) is 35.1 Å². The van der Waals surface area contributed by atoms with E-state index in [1.54, 1.807) is 11.8 Å². The van der Waals surface area contributed by atoms with Crippen molar-refractivity contribution >= 4 is 5.91 Å². The summed E-state index contributed by atoms with van der Waals surface area (Å²) < 4.78 is 37.3. The fraction of sp³-hybridized carbons (Fsp3) is 0.533. The topological polar surface area (TPSA) is 40.5 Å². The molecule has 1 aromatic carbocycles. The van der Waals surface area contributed by atoms with Crippen LogP contribution in [0, 0.1) is 5.92 Å². The normalized spacial score (nSPS) is 20.6. The zero-order valence-electron chi connectivity index (χ0n) is 11.7. The van der Waals surface area contributed by atoms with Crippen LogP contribution in [0.4, 0.5) is 13.2 Å². The molecule has 3 nitrogen and oxygen atoms in total. The maximum Gasteiger partial charge on any atom is 0.416 e. The van der Waals surface area contributed by atoms with E-state index in [2.05, 4.69) is 0 Å². The Balaban J connectivity index is 1.94. The number of nitrogens with zero attached hydrogens (tertiary/aromatic N) is 1. The van der Waals surface area contributed by atoms with Crippen molar-refractivity contribution in [2.75, 3.05) is 13.1 Å². The van der Waals surface area contributed by atoms with Crippen LogP contribution < -0.4 is 0 Å². The molecule has 116 valence electrons. The molecule has 21 heavy (non-hydrogen) atoms. The number of benzene rings is 1. The van der Waals surface area contributed by atoms with Gasteiger partial charge in [0.15, 0.2) is 0 Å². The van der Waals surface area contributed by atoms with Gasteiger partial charge in [0.1, 0.15) is 0 Å². The van der Waals surface area contributed by atoms with Crippen molar-refractivity contribution < 1.29 is 23.1 Å². The Kier molecular flexibility index (Phi) is 4.56. The second-order valence-electron chi connectivity index (χ2n) is 5.50. The fourth-order valence-electron chi connectivity index (χ4n) is 2.51. The average molecular weight is 301 g/mol. The summed E-state index contributed by atoms with van der Waals surface area (Å²) in [6.07, 6.45) is -3.96. The average Bonchev–Trinajstić information content (AvgIpc) is 2.88. The molecule has 0 aromatic heterocycles. The first-order valence-electron chi connectivity index (χ1n) is 6.89. The van der Waals surface area contributed by atoms with E-state index in [1.807, 2.05) is 0 Å². The lowest BCUT2D eigenvalue weighted by molar-refractivity contribution is -0.137. The first kappa shape index (κ1) is 15.8. The van der Waals surface area contributed by atoms with Gasteiger partial charge in [-0.1, -0.05) is 12.1 Å². The molecule has 1 N–H and O–H groups in total. The minimum Gasteiger partial charge on any atom is -0.393 e. The molecule has 1 aromatic rings. The molecular formula is C15H18F3NO2. The smallest absolute Gasteiger partial charge is 0.393 e. The molecule has 1 aliphatic heterocycles. The van der Waals surface area contributed by atoms with E-state index < -0.39 is 17.8 Å². The number of amides is 1. The molecule has 2 rings (SSSR count). The first-order valence-corrected chi connectivity index (χ1v) is 6.89. The minimum atomic E-state index is -4.36. The quantitative estimate of drug-likeness (QED) is 0.932. The van der Waals surface area contributed by atoms with E-state index in [9.17, 15) is 23.1 Å². The van der Waals surface area contributed by atoms with Crippen LogP contribution in [0.25, 0.3) is 0 Å². The summed E-state index contributed by atoms with van der Waals surface area (Å²) >= 11 is 0. The SMILES string of the molecule is CC(O)C1CCN(C(=O)Cc2ccc(C(F)(F)F)cc2)C1. The molecule has 0 spiro atoms. The summed E-state index contributed by atoms with van der Waals surface area (Å²) in [5.41, 5.74) is -0.150. The van der Waals surface area contributed by atoms with Crippen LogP contribution in [0.2, 0.25) is 0 Å². The molecule has 0 saturated carbocycles. The van der Waals surface area contributed by atoms with Gasteiger partial charge in [-0.05, 0) is 31.0 Å². The summed E-state index contributed by atoms with van der Waals surface area (Å²) in [6, 6.07) is 4.66. The molecule has 0 bridgehead atoms. The Morgan fingerprint density at radius 3 is 2.48 bits per heavy atom. The Bertz CT molecular complexity index is 497. The van der Waals surface area contributed by atoms with Gasteiger partial charge >= 0.3 is 6.18 Å². The van der Waals surface area contributed by atoms with Crippen LogP contribution in [0.15, 0.2) is 24.3 Å². The summed E-state index contributed by atoms with van der Waals surface area (Å²) in [6.45, 7) is 2.81. The number of alkyl halides is 3. The van der Waals surface area contributed by atoms with Crippen LogP contribution in [-0.2, 0) is 17.4 Å². The number of hydrogen-bond donors (Lipinski definition) is 1. The third-order valence-electron chi connectivity index (χ3n) is 3.90. The maximum absolute atomic E-state index is 12.4. The largest absolute Gasteiger partial charge is 0.416 e. The molecule has 1 heterocycles. The van der Waals surface area contributed by atoms with Gasteiger partial charge in [-0.2, -0.15) is 13.2 Å². The lowest BCUT2D eigenvalue weighted by Gasteiger charge is -2.18. The molecular weight excluding hydrogens is 283 g/mol. The van der Waals surface area contributed by atoms with Crippen LogP contribution in [0.3, 0.4) is 0 Å². The highest BCUT2D eigenvalue weighted by molar-refractivity contribution is 5.79. The van der Waals surface area contributed by atoms with Crippen molar-refractivity contribution in [3.8, 4) is 0 Å². The Morgan fingerprint density at radius 1 is 1.38 bits per heavy atom. The Labute approximate surface area is 121 Å². The molecule has 0 radical (unpaired) electrons. The van der Waals surface area contributed by atoms with Gasteiger partial charge in [0.2, 0.25) is 5.91 Å². The molecule has 0 aliphatic carbocycles. The third-order valence-corrected chi connectivity index (χ3v) is 3.90. The third kappa shape index (κ3) is 3.97. The van der Waals surface area contributed by atoms with Gasteiger partial charge in [0.05, 0.1) is 18.1 Å². The first-order chi connectivity index (χ1) is 9.77. The number of halogens is 3. The highest BCUT2D eigenvalue weighted by Crippen LogP contribution is 2.29. The van der Waals surface area contributed by atoms with Gasteiger partial charge in [0, 0.05) is 19.0 Å². The van der Waals surface area contributed by atoms with Gasteiger partial charge in [-0.3, -0.25) is 4.79 Å². The van der Waals surface area contributed by atoms with E-state index in [0.717, 1.165) is 18.6 Å². The van der Waals surface area contributed by atoms with Crippen molar-refractivity contribution in [2.45, 2.75) is 32.0 Å². The standard InChI is InChI=1S/C15H18F3NO2/c1-10(20)12-6-7-19(9-12)14(21)8-11-2-4-13(5-3-11)15(16,17)18/h2-5,10,12,20H,6-9H2,1H3. The van der Waals surface area contributed by atoms with Gasteiger partial charge in [-0.15, -0.1) is 0 Å². The highest BCUT2D eigenvalue weighted by Gasteiger charge is 2.31. The maximum atomic E-state index is 12.4. The summed E-state index contributed by atoms with van der Waals surface area (Å²) in [4.78, 5) is 13.7. The van der Waals surface area contributed by atoms with Crippen LogP contribution in [0.5, 0.6) is 0 Å². The number of hydrogen-bond acceptors (Lipinski definition) is 2. The molecule has 1 saturated heterocycles. The van der Waals surface area contributed by atoms with E-state index in [0.29, 0.717) is 18.7 Å². The number of carbonyl (C=O) groups excluding carboxylic acids is 1. The highest BCUT2D eigenvalue weighted by atomic mass is 19.4. The molecule has 1 aliphatic rings. The van der Waals surface area contributed by atoms with E-state index in [1.165, 1.54) is 12.1 Å². The summed E-state index contributed by atoms with van der Waals surface area (Å²) in [7, 11) is 0. The number of aliphatic hydroxyl groups is 1. The van der Waals surface area contributed by atoms with E-state index >= 15 is 0 Å². The zero-order valence-corrected chi connectivity index (χ0v) is 11.7. The van der Waals surface area contributed by atoms with Crippen molar-refractivity contribution in [2.24, 2.45) is 5.92 Å². The predicted molar refractivity (Wildman–Crippen MR) is 71.5 cm³/mol. The monoisotopic (exact) mass is 301 g/mol. The number of carbonyl (C=O) groups is 1. The lowest BCUT2D eigenvalue weighted by atomic mass is 10.0. The second-order valence-corrected chi connectivity index (χ2v) is 5.50. The number of aliphatic hydroxyl groups excluding tert-OH is 1. The molecule has 2 atom stereocenters. The summed E-state index contributed by atoms with van der Waals surface area (Å²) in [5, 5.41) is 9.50. The van der Waals surface area contributed by atoms with Crippen LogP contribution in [0.1, 0.15) is 24.5 Å².